The van der Waals surface area contributed by atoms with Crippen molar-refractivity contribution in [2.75, 3.05) is 26.4 Å². The Labute approximate surface area is 93.2 Å². The van der Waals surface area contributed by atoms with E-state index in [0.29, 0.717) is 19.8 Å². The van der Waals surface area contributed by atoms with Gasteiger partial charge in [-0.15, -0.1) is 0 Å². The van der Waals surface area contributed by atoms with Crippen LogP contribution in [0.3, 0.4) is 0 Å². The first-order valence-corrected chi connectivity index (χ1v) is 6.34. The van der Waals surface area contributed by atoms with Gasteiger partial charge >= 0.3 is 0 Å². The van der Waals surface area contributed by atoms with Gasteiger partial charge in [-0.2, -0.15) is 0 Å². The Balaban J connectivity index is 1.89. The zero-order chi connectivity index (χ0) is 11.4. The average molecular weight is 247 g/mol. The number of aromatic amines is 1. The van der Waals surface area contributed by atoms with Gasteiger partial charge in [0.2, 0.25) is 0 Å². The first-order valence-electron chi connectivity index (χ1n) is 4.86. The lowest BCUT2D eigenvalue weighted by Gasteiger charge is -2.22. The molecule has 2 heterocycles. The van der Waals surface area contributed by atoms with Gasteiger partial charge in [0.1, 0.15) is 0 Å². The maximum atomic E-state index is 11.7. The number of nitrogens with one attached hydrogen (secondary N) is 2. The summed E-state index contributed by atoms with van der Waals surface area (Å²) in [4.78, 5) is 6.18. The van der Waals surface area contributed by atoms with E-state index in [2.05, 4.69) is 14.7 Å². The molecule has 0 aliphatic carbocycles. The molecule has 2 N–H and O–H groups in total. The van der Waals surface area contributed by atoms with Crippen LogP contribution in [0.2, 0.25) is 0 Å². The van der Waals surface area contributed by atoms with E-state index in [1.807, 2.05) is 0 Å². The van der Waals surface area contributed by atoms with Crippen LogP contribution in [0.5, 0.6) is 0 Å². The maximum Gasteiger partial charge on any atom is 0.257 e. The van der Waals surface area contributed by atoms with Gasteiger partial charge in [-0.05, 0) is 0 Å². The average Bonchev–Trinajstić information content (AvgIpc) is 2.82. The molecule has 8 heteroatoms. The molecule has 0 bridgehead atoms. The second-order valence-electron chi connectivity index (χ2n) is 3.34. The van der Waals surface area contributed by atoms with E-state index in [9.17, 15) is 8.42 Å². The molecule has 1 aliphatic rings. The number of imidazole rings is 1. The number of rotatable bonds is 4. The van der Waals surface area contributed by atoms with Crippen LogP contribution in [0.1, 0.15) is 0 Å². The summed E-state index contributed by atoms with van der Waals surface area (Å²) in [7, 11) is -3.52. The van der Waals surface area contributed by atoms with Crippen molar-refractivity contribution >= 4 is 10.0 Å². The highest BCUT2D eigenvalue weighted by Crippen LogP contribution is 2.04. The molecule has 7 nitrogen and oxygen atoms in total. The van der Waals surface area contributed by atoms with Crippen molar-refractivity contribution in [3.8, 4) is 0 Å². The molecule has 1 atom stereocenters. The highest BCUT2D eigenvalue weighted by atomic mass is 32.2. The predicted molar refractivity (Wildman–Crippen MR) is 54.3 cm³/mol. The minimum atomic E-state index is -3.52. The molecule has 0 radical (unpaired) electrons. The lowest BCUT2D eigenvalue weighted by molar-refractivity contribution is -0.0847. The summed E-state index contributed by atoms with van der Waals surface area (Å²) < 4.78 is 36.2. The van der Waals surface area contributed by atoms with Gasteiger partial charge in [0.25, 0.3) is 10.0 Å². The maximum absolute atomic E-state index is 11.7. The number of aromatic nitrogens is 2. The third-order valence-corrected chi connectivity index (χ3v) is 3.50. The van der Waals surface area contributed by atoms with Gasteiger partial charge in [-0.1, -0.05) is 0 Å². The lowest BCUT2D eigenvalue weighted by Crippen LogP contribution is -2.39. The third kappa shape index (κ3) is 2.79. The van der Waals surface area contributed by atoms with E-state index in [4.69, 9.17) is 9.47 Å². The largest absolute Gasteiger partial charge is 0.376 e. The molecule has 1 saturated heterocycles. The zero-order valence-corrected chi connectivity index (χ0v) is 9.37. The standard InChI is InChI=1S/C8H13N3O4S/c12-16(13,8-4-9-6-10-8)11-3-7-5-14-1-2-15-7/h4,6-7,11H,1-3,5H2,(H,9,10). The predicted octanol–water partition coefficient (Wildman–Crippen LogP) is -0.897. The van der Waals surface area contributed by atoms with Crippen molar-refractivity contribution < 1.29 is 17.9 Å². The third-order valence-electron chi connectivity index (χ3n) is 2.15. The Hall–Kier alpha value is -0.960. The highest BCUT2D eigenvalue weighted by molar-refractivity contribution is 7.89. The van der Waals surface area contributed by atoms with E-state index in [1.54, 1.807) is 0 Å². The summed E-state index contributed by atoms with van der Waals surface area (Å²) in [6.45, 7) is 1.66. The van der Waals surface area contributed by atoms with Gasteiger partial charge in [0.15, 0.2) is 5.03 Å². The van der Waals surface area contributed by atoms with Crippen molar-refractivity contribution in [3.63, 3.8) is 0 Å². The van der Waals surface area contributed by atoms with Crippen LogP contribution < -0.4 is 4.72 Å². The van der Waals surface area contributed by atoms with Crippen LogP contribution in [0.4, 0.5) is 0 Å². The fraction of sp³-hybridized carbons (Fsp3) is 0.625. The Morgan fingerprint density at radius 3 is 3.06 bits per heavy atom. The molecule has 1 aromatic rings. The molecular weight excluding hydrogens is 234 g/mol. The fourth-order valence-corrected chi connectivity index (χ4v) is 2.29. The quantitative estimate of drug-likeness (QED) is 0.719. The summed E-state index contributed by atoms with van der Waals surface area (Å²) >= 11 is 0. The molecule has 0 spiro atoms. The van der Waals surface area contributed by atoms with Crippen LogP contribution in [0.15, 0.2) is 17.6 Å². The minimum absolute atomic E-state index is 0.0456. The molecule has 0 saturated carbocycles. The molecule has 1 aromatic heterocycles. The second kappa shape index (κ2) is 4.91. The first-order chi connectivity index (χ1) is 7.68. The Morgan fingerprint density at radius 1 is 1.56 bits per heavy atom. The summed E-state index contributed by atoms with van der Waals surface area (Å²) in [5.74, 6) is 0. The van der Waals surface area contributed by atoms with Crippen LogP contribution in [-0.4, -0.2) is 50.9 Å². The molecule has 1 aliphatic heterocycles. The highest BCUT2D eigenvalue weighted by Gasteiger charge is 2.20. The number of nitrogens with zero attached hydrogens (tertiary/aromatic N) is 1. The van der Waals surface area contributed by atoms with E-state index >= 15 is 0 Å². The Bertz CT molecular complexity index is 411. The molecule has 1 fully saturated rings. The molecule has 0 amide bonds. The fourth-order valence-electron chi connectivity index (χ4n) is 1.32. The summed E-state index contributed by atoms with van der Waals surface area (Å²) in [5.41, 5.74) is 0. The van der Waals surface area contributed by atoms with Crippen LogP contribution in [0, 0.1) is 0 Å². The molecule has 2 rings (SSSR count). The zero-order valence-electron chi connectivity index (χ0n) is 8.55. The molecule has 16 heavy (non-hydrogen) atoms. The number of H-pyrrole nitrogens is 1. The van der Waals surface area contributed by atoms with Crippen LogP contribution in [0.25, 0.3) is 0 Å². The molecular formula is C8H13N3O4S. The molecule has 1 unspecified atom stereocenters. The number of ether oxygens (including phenoxy) is 2. The van der Waals surface area contributed by atoms with E-state index in [0.717, 1.165) is 0 Å². The first kappa shape index (κ1) is 11.5. The molecule has 90 valence electrons. The van der Waals surface area contributed by atoms with E-state index in [1.165, 1.54) is 12.5 Å². The van der Waals surface area contributed by atoms with Crippen LogP contribution in [-0.2, 0) is 19.5 Å². The van der Waals surface area contributed by atoms with Gasteiger partial charge in [0, 0.05) is 6.54 Å². The van der Waals surface area contributed by atoms with E-state index in [-0.39, 0.29) is 17.7 Å². The smallest absolute Gasteiger partial charge is 0.257 e. The number of hydrogen-bond acceptors (Lipinski definition) is 5. The van der Waals surface area contributed by atoms with Crippen molar-refractivity contribution in [1.29, 1.82) is 0 Å². The van der Waals surface area contributed by atoms with Crippen LogP contribution >= 0.6 is 0 Å². The summed E-state index contributed by atoms with van der Waals surface area (Å²) in [6, 6.07) is 0. The van der Waals surface area contributed by atoms with E-state index < -0.39 is 10.0 Å². The summed E-state index contributed by atoms with van der Waals surface area (Å²) in [6.07, 6.45) is 2.33. The Morgan fingerprint density at radius 2 is 2.44 bits per heavy atom. The van der Waals surface area contributed by atoms with Gasteiger partial charge in [-0.25, -0.2) is 18.1 Å². The SMILES string of the molecule is O=S(=O)(NCC1COCCO1)c1cnc[nH]1. The second-order valence-corrected chi connectivity index (χ2v) is 5.07. The molecule has 0 aromatic carbocycles. The Kier molecular flexibility index (Phi) is 3.54. The topological polar surface area (TPSA) is 93.3 Å². The van der Waals surface area contributed by atoms with Crippen molar-refractivity contribution in [1.82, 2.24) is 14.7 Å². The van der Waals surface area contributed by atoms with Gasteiger partial charge < -0.3 is 14.5 Å². The minimum Gasteiger partial charge on any atom is -0.376 e. The lowest BCUT2D eigenvalue weighted by atomic mass is 10.3. The van der Waals surface area contributed by atoms with Crippen molar-refractivity contribution in [2.24, 2.45) is 0 Å². The normalized spacial score (nSPS) is 22.1. The van der Waals surface area contributed by atoms with Gasteiger partial charge in [-0.3, -0.25) is 0 Å². The van der Waals surface area contributed by atoms with Crippen molar-refractivity contribution in [2.45, 2.75) is 11.1 Å². The monoisotopic (exact) mass is 247 g/mol. The van der Waals surface area contributed by atoms with Gasteiger partial charge in [0.05, 0.1) is 38.4 Å². The number of sulfonamides is 1. The summed E-state index contributed by atoms with van der Waals surface area (Å²) in [5, 5.41) is 0.0456. The number of hydrogen-bond donors (Lipinski definition) is 2. The van der Waals surface area contributed by atoms with Crippen molar-refractivity contribution in [3.05, 3.63) is 12.5 Å².